The first-order valence-electron chi connectivity index (χ1n) is 12.8. The summed E-state index contributed by atoms with van der Waals surface area (Å²) in [4.78, 5) is 40.4. The molecule has 1 unspecified atom stereocenters. The number of hydrogen-bond acceptors (Lipinski definition) is 4. The van der Waals surface area contributed by atoms with Crippen molar-refractivity contribution in [1.29, 1.82) is 0 Å². The second-order valence-corrected chi connectivity index (χ2v) is 10.9. The fourth-order valence-corrected chi connectivity index (χ4v) is 6.11. The van der Waals surface area contributed by atoms with Gasteiger partial charge in [-0.05, 0) is 81.3 Å². The molecule has 2 aliphatic heterocycles. The monoisotopic (exact) mass is 496 g/mol. The number of thioether (sulfide) groups is 1. The lowest BCUT2D eigenvalue weighted by Crippen LogP contribution is -2.44. The number of rotatable bonds is 7. The molecule has 0 bridgehead atoms. The van der Waals surface area contributed by atoms with Crippen LogP contribution < -0.4 is 0 Å². The van der Waals surface area contributed by atoms with Crippen LogP contribution in [0.15, 0.2) is 57.2 Å². The van der Waals surface area contributed by atoms with Crippen LogP contribution in [0.1, 0.15) is 78.1 Å². The fourth-order valence-electron chi connectivity index (χ4n) is 5.50. The van der Waals surface area contributed by atoms with Crippen LogP contribution in [0, 0.1) is 5.92 Å². The molecule has 1 N–H and O–H groups in total. The molecular formula is C28H36N2O4S. The normalized spacial score (nSPS) is 24.5. The number of likely N-dealkylation sites (tertiary alicyclic amines) is 1. The number of unbranched alkanes of at least 4 members (excludes halogenated alkanes) is 1. The Morgan fingerprint density at radius 3 is 2.77 bits per heavy atom. The third kappa shape index (κ3) is 6.00. The molecule has 188 valence electrons. The van der Waals surface area contributed by atoms with E-state index in [1.165, 1.54) is 51.1 Å². The van der Waals surface area contributed by atoms with E-state index < -0.39 is 12.0 Å². The van der Waals surface area contributed by atoms with Crippen molar-refractivity contribution >= 4 is 29.5 Å². The van der Waals surface area contributed by atoms with Crippen LogP contribution in [0.5, 0.6) is 0 Å². The number of carbonyl (C=O) groups is 3. The van der Waals surface area contributed by atoms with Gasteiger partial charge in [-0.3, -0.25) is 14.5 Å². The van der Waals surface area contributed by atoms with Gasteiger partial charge in [-0.25, -0.2) is 4.79 Å². The van der Waals surface area contributed by atoms with Crippen LogP contribution in [0.4, 0.5) is 0 Å². The summed E-state index contributed by atoms with van der Waals surface area (Å²) in [5, 5.41) is 12.9. The van der Waals surface area contributed by atoms with Gasteiger partial charge in [0, 0.05) is 24.6 Å². The van der Waals surface area contributed by atoms with E-state index >= 15 is 0 Å². The molecule has 0 aromatic rings. The number of nitrogens with zero attached hydrogens (tertiary/aromatic N) is 2. The van der Waals surface area contributed by atoms with Crippen molar-refractivity contribution in [2.75, 3.05) is 6.54 Å². The highest BCUT2D eigenvalue weighted by Gasteiger charge is 2.37. The molecule has 0 spiro atoms. The maximum atomic E-state index is 13.1. The second kappa shape index (κ2) is 11.5. The van der Waals surface area contributed by atoms with Gasteiger partial charge in [-0.2, -0.15) is 0 Å². The molecule has 0 radical (unpaired) electrons. The van der Waals surface area contributed by atoms with Crippen molar-refractivity contribution < 1.29 is 19.5 Å². The summed E-state index contributed by atoms with van der Waals surface area (Å²) < 4.78 is 0. The predicted octanol–water partition coefficient (Wildman–Crippen LogP) is 5.90. The van der Waals surface area contributed by atoms with Gasteiger partial charge >= 0.3 is 5.97 Å². The first kappa shape index (κ1) is 25.5. The van der Waals surface area contributed by atoms with Crippen molar-refractivity contribution in [3.63, 3.8) is 0 Å². The number of allylic oxidation sites excluding steroid dienone is 6. The Morgan fingerprint density at radius 2 is 1.97 bits per heavy atom. The van der Waals surface area contributed by atoms with E-state index in [0.29, 0.717) is 31.7 Å². The maximum absolute atomic E-state index is 13.1. The third-order valence-electron chi connectivity index (χ3n) is 7.75. The van der Waals surface area contributed by atoms with E-state index in [2.05, 4.69) is 26.0 Å². The Kier molecular flexibility index (Phi) is 8.37. The lowest BCUT2D eigenvalue weighted by atomic mass is 9.80. The van der Waals surface area contributed by atoms with Crippen molar-refractivity contribution in [3.8, 4) is 0 Å². The molecule has 0 aromatic heterocycles. The largest absolute Gasteiger partial charge is 0.480 e. The minimum Gasteiger partial charge on any atom is -0.480 e. The van der Waals surface area contributed by atoms with Crippen LogP contribution in [0.25, 0.3) is 0 Å². The Hall–Kier alpha value is -2.54. The smallest absolute Gasteiger partial charge is 0.326 e. The Labute approximate surface area is 212 Å². The number of carbonyl (C=O) groups excluding carboxylic acids is 2. The summed E-state index contributed by atoms with van der Waals surface area (Å²) in [6.07, 6.45) is 15.4. The molecule has 2 amide bonds. The number of hydrogen-bond donors (Lipinski definition) is 1. The zero-order valence-electron chi connectivity index (χ0n) is 20.8. The van der Waals surface area contributed by atoms with Crippen LogP contribution in [-0.4, -0.2) is 45.3 Å². The molecule has 0 saturated carbocycles. The summed E-state index contributed by atoms with van der Waals surface area (Å²) in [5.41, 5.74) is 6.14. The van der Waals surface area contributed by atoms with Gasteiger partial charge in [0.15, 0.2) is 0 Å². The van der Waals surface area contributed by atoms with Crippen LogP contribution in [0.3, 0.4) is 0 Å². The molecule has 4 rings (SSSR count). The van der Waals surface area contributed by atoms with Crippen molar-refractivity contribution in [3.05, 3.63) is 57.2 Å². The van der Waals surface area contributed by atoms with E-state index in [9.17, 15) is 19.5 Å². The van der Waals surface area contributed by atoms with Crippen LogP contribution in [0.2, 0.25) is 0 Å². The molecule has 2 aliphatic carbocycles. The maximum Gasteiger partial charge on any atom is 0.326 e. The summed E-state index contributed by atoms with van der Waals surface area (Å²) in [5.74, 6) is -0.801. The van der Waals surface area contributed by atoms with E-state index in [1.54, 1.807) is 22.6 Å². The van der Waals surface area contributed by atoms with Crippen LogP contribution >= 0.6 is 11.8 Å². The molecule has 1 fully saturated rings. The zero-order valence-corrected chi connectivity index (χ0v) is 21.6. The molecule has 6 nitrogen and oxygen atoms in total. The second-order valence-electron chi connectivity index (χ2n) is 10.1. The quantitative estimate of drug-likeness (QED) is 0.444. The highest BCUT2D eigenvalue weighted by atomic mass is 32.2. The highest BCUT2D eigenvalue weighted by Crippen LogP contribution is 2.37. The van der Waals surface area contributed by atoms with Gasteiger partial charge < -0.3 is 10.0 Å². The highest BCUT2D eigenvalue weighted by molar-refractivity contribution is 8.05. The zero-order chi connectivity index (χ0) is 24.9. The van der Waals surface area contributed by atoms with E-state index in [-0.39, 0.29) is 17.5 Å². The number of amides is 2. The molecule has 35 heavy (non-hydrogen) atoms. The van der Waals surface area contributed by atoms with Crippen molar-refractivity contribution in [2.45, 2.75) is 84.1 Å². The van der Waals surface area contributed by atoms with Crippen LogP contribution in [-0.2, 0) is 14.4 Å². The van der Waals surface area contributed by atoms with E-state index in [0.717, 1.165) is 32.1 Å². The molecule has 4 aliphatic rings. The minimum atomic E-state index is -0.986. The van der Waals surface area contributed by atoms with Crippen molar-refractivity contribution in [2.24, 2.45) is 5.92 Å². The molecule has 1 saturated heterocycles. The average molecular weight is 497 g/mol. The standard InChI is InChI=1S/C28H36N2O4S/c1-19-9-11-22-12-10-21(17-23(22)16-20(19)2)6-3-4-8-26(31)29-14-15-35-18-25(29)27(32)30-13-5-7-24(30)28(33)34/h9,14-16,18,21,24H,3-8,10-13,17H2,1-2H3,(H,33,34)/t21?,24-/m0/s1. The first-order valence-corrected chi connectivity index (χ1v) is 13.7. The summed E-state index contributed by atoms with van der Waals surface area (Å²) in [7, 11) is 0. The Balaban J connectivity index is 1.27. The summed E-state index contributed by atoms with van der Waals surface area (Å²) in [6.45, 7) is 4.80. The summed E-state index contributed by atoms with van der Waals surface area (Å²) in [6, 6.07) is -0.811. The van der Waals surface area contributed by atoms with Gasteiger partial charge in [0.1, 0.15) is 11.7 Å². The predicted molar refractivity (Wildman–Crippen MR) is 139 cm³/mol. The molecule has 7 heteroatoms. The lowest BCUT2D eigenvalue weighted by molar-refractivity contribution is -0.147. The molecular weight excluding hydrogens is 460 g/mol. The third-order valence-corrected chi connectivity index (χ3v) is 8.39. The minimum absolute atomic E-state index is 0.107. The summed E-state index contributed by atoms with van der Waals surface area (Å²) >= 11 is 1.33. The Morgan fingerprint density at radius 1 is 1.14 bits per heavy atom. The SMILES string of the molecule is CC1=CCC2=C(C=C1C)CC(CCCCC(=O)N1C=CSC=C1C(=O)N1CCC[C@H]1C(=O)O)CC2. The molecule has 2 heterocycles. The molecule has 0 aromatic carbocycles. The lowest BCUT2D eigenvalue weighted by Gasteiger charge is -2.29. The number of carboxylic acids is 1. The van der Waals surface area contributed by atoms with Gasteiger partial charge in [0.05, 0.1) is 0 Å². The van der Waals surface area contributed by atoms with Crippen molar-refractivity contribution in [1.82, 2.24) is 9.80 Å². The van der Waals surface area contributed by atoms with Gasteiger partial charge in [-0.1, -0.05) is 36.1 Å². The van der Waals surface area contributed by atoms with Gasteiger partial charge in [0.25, 0.3) is 5.91 Å². The van der Waals surface area contributed by atoms with Gasteiger partial charge in [-0.15, -0.1) is 11.8 Å². The van der Waals surface area contributed by atoms with E-state index in [1.807, 2.05) is 0 Å². The van der Waals surface area contributed by atoms with Gasteiger partial charge in [0.2, 0.25) is 5.91 Å². The molecule has 2 atom stereocenters. The van der Waals surface area contributed by atoms with E-state index in [4.69, 9.17) is 0 Å². The first-order chi connectivity index (χ1) is 16.8. The average Bonchev–Trinajstić information content (AvgIpc) is 3.30. The number of carboxylic acid groups (broad SMARTS) is 1. The Bertz CT molecular complexity index is 1040. The number of aliphatic carboxylic acids is 1. The topological polar surface area (TPSA) is 77.9 Å². The fraction of sp³-hybridized carbons (Fsp3) is 0.536.